The summed E-state index contributed by atoms with van der Waals surface area (Å²) in [6, 6.07) is 11.1. The third kappa shape index (κ3) is 5.64. The summed E-state index contributed by atoms with van der Waals surface area (Å²) in [7, 11) is 0. The Morgan fingerprint density at radius 2 is 1.80 bits per heavy atom. The summed E-state index contributed by atoms with van der Waals surface area (Å²) in [5, 5.41) is 17.5. The minimum atomic E-state index is 0.382. The van der Waals surface area contributed by atoms with E-state index in [-0.39, 0.29) is 0 Å². The van der Waals surface area contributed by atoms with Crippen LogP contribution in [0.3, 0.4) is 0 Å². The molecular weight excluding hydrogens is 394 g/mol. The van der Waals surface area contributed by atoms with E-state index in [1.165, 1.54) is 5.56 Å². The molecule has 4 rings (SSSR count). The fraction of sp³-hybridized carbons (Fsp3) is 0.565. The Morgan fingerprint density at radius 3 is 2.43 bits per heavy atom. The van der Waals surface area contributed by atoms with Gasteiger partial charge in [0, 0.05) is 42.7 Å². The number of aromatic amines is 1. The molecule has 0 atom stereocenters. The molecule has 162 valence electrons. The highest BCUT2D eigenvalue weighted by atomic mass is 32.2. The van der Waals surface area contributed by atoms with Gasteiger partial charge in [-0.1, -0.05) is 43.7 Å². The smallest absolute Gasteiger partial charge is 0.110 e. The predicted molar refractivity (Wildman–Crippen MR) is 123 cm³/mol. The van der Waals surface area contributed by atoms with E-state index in [1.807, 2.05) is 26.0 Å². The van der Waals surface area contributed by atoms with Gasteiger partial charge in [-0.15, -0.1) is 0 Å². The summed E-state index contributed by atoms with van der Waals surface area (Å²) in [6.07, 6.45) is 4.38. The van der Waals surface area contributed by atoms with Crippen molar-refractivity contribution in [3.8, 4) is 17.3 Å². The van der Waals surface area contributed by atoms with E-state index in [1.54, 1.807) is 12.1 Å². The molecule has 0 amide bonds. The lowest BCUT2D eigenvalue weighted by atomic mass is 9.83. The monoisotopic (exact) mass is 427 g/mol. The molecule has 1 aliphatic heterocycles. The van der Waals surface area contributed by atoms with Crippen LogP contribution in [0.4, 0.5) is 0 Å². The first-order valence-corrected chi connectivity index (χ1v) is 11.8. The predicted octanol–water partition coefficient (Wildman–Crippen LogP) is 4.79. The van der Waals surface area contributed by atoms with Crippen LogP contribution in [0.25, 0.3) is 11.3 Å². The number of ether oxygens (including phenoxy) is 1. The minimum absolute atomic E-state index is 0.382. The Bertz CT molecular complexity index is 815. The number of nitrogens with one attached hydrogen (secondary N) is 2. The fourth-order valence-corrected chi connectivity index (χ4v) is 4.84. The van der Waals surface area contributed by atoms with Gasteiger partial charge in [-0.25, -0.2) is 9.03 Å². The normalized spacial score (nSPS) is 22.1. The van der Waals surface area contributed by atoms with Gasteiger partial charge in [0.2, 0.25) is 0 Å². The van der Waals surface area contributed by atoms with Crippen LogP contribution in [0.2, 0.25) is 0 Å². The molecule has 0 spiro atoms. The van der Waals surface area contributed by atoms with Gasteiger partial charge in [0.25, 0.3) is 0 Å². The lowest BCUT2D eigenvalue weighted by Gasteiger charge is -2.31. The summed E-state index contributed by atoms with van der Waals surface area (Å²) in [6.45, 7) is 9.67. The second-order valence-corrected chi connectivity index (χ2v) is 8.57. The highest BCUT2D eigenvalue weighted by Gasteiger charge is 2.28. The summed E-state index contributed by atoms with van der Waals surface area (Å²) >= 11 is 1.74. The van der Waals surface area contributed by atoms with E-state index < -0.39 is 0 Å². The zero-order chi connectivity index (χ0) is 21.3. The Morgan fingerprint density at radius 1 is 1.13 bits per heavy atom. The van der Waals surface area contributed by atoms with Gasteiger partial charge in [0.1, 0.15) is 17.3 Å². The molecule has 2 aromatic rings. The van der Waals surface area contributed by atoms with Crippen molar-refractivity contribution in [2.24, 2.45) is 0 Å². The second-order valence-electron chi connectivity index (χ2n) is 7.64. The molecule has 2 aliphatic rings. The number of rotatable bonds is 5. The Kier molecular flexibility index (Phi) is 8.76. The zero-order valence-electron chi connectivity index (χ0n) is 18.3. The molecule has 2 heterocycles. The molecule has 30 heavy (non-hydrogen) atoms. The van der Waals surface area contributed by atoms with Gasteiger partial charge in [-0.3, -0.25) is 5.10 Å². The number of morpholine rings is 1. The van der Waals surface area contributed by atoms with Crippen LogP contribution < -0.4 is 4.72 Å². The Labute approximate surface area is 184 Å². The first-order chi connectivity index (χ1) is 14.7. The molecule has 2 fully saturated rings. The summed E-state index contributed by atoms with van der Waals surface area (Å²) in [4.78, 5) is 0. The second kappa shape index (κ2) is 11.5. The molecule has 1 saturated carbocycles. The number of hydrogen-bond donors (Lipinski definition) is 2. The maximum atomic E-state index is 9.77. The van der Waals surface area contributed by atoms with Gasteiger partial charge < -0.3 is 4.74 Å². The van der Waals surface area contributed by atoms with Gasteiger partial charge in [-0.05, 0) is 32.6 Å². The van der Waals surface area contributed by atoms with Gasteiger partial charge in [-0.2, -0.15) is 10.4 Å². The minimum Gasteiger partial charge on any atom is -0.379 e. The average Bonchev–Trinajstić information content (AvgIpc) is 3.24. The molecule has 1 aromatic carbocycles. The number of H-pyrrole nitrogens is 1. The molecule has 7 heteroatoms. The van der Waals surface area contributed by atoms with E-state index in [2.05, 4.69) is 44.4 Å². The van der Waals surface area contributed by atoms with E-state index in [0.717, 1.165) is 68.9 Å². The van der Waals surface area contributed by atoms with Crippen LogP contribution in [0.1, 0.15) is 62.3 Å². The Balaban J connectivity index is 0.00000124. The van der Waals surface area contributed by atoms with E-state index in [0.29, 0.717) is 17.5 Å². The number of benzene rings is 1. The largest absolute Gasteiger partial charge is 0.379 e. The van der Waals surface area contributed by atoms with E-state index in [4.69, 9.17) is 4.74 Å². The number of aryl methyl sites for hydroxylation is 1. The highest BCUT2D eigenvalue weighted by Crippen LogP contribution is 2.36. The quantitative estimate of drug-likeness (QED) is 0.668. The van der Waals surface area contributed by atoms with Crippen molar-refractivity contribution < 1.29 is 4.74 Å². The van der Waals surface area contributed by atoms with Crippen LogP contribution in [0.15, 0.2) is 24.3 Å². The molecule has 0 radical (unpaired) electrons. The van der Waals surface area contributed by atoms with Gasteiger partial charge in [0.15, 0.2) is 0 Å². The summed E-state index contributed by atoms with van der Waals surface area (Å²) in [5.41, 5.74) is 4.71. The topological polar surface area (TPSA) is 77.0 Å². The van der Waals surface area contributed by atoms with E-state index in [9.17, 15) is 5.26 Å². The standard InChI is InChI=1S/C21H27N5OS.C2H6/c1-15-2-4-16(5-3-15)20-19(14-22)21(24-23-20)17-6-8-18(9-7-17)25-28-26-10-12-27-13-11-26;1-2/h2-5,17-18,25H,6-13H2,1H3,(H,23,24);1-2H3. The first-order valence-electron chi connectivity index (χ1n) is 11.0. The third-order valence-electron chi connectivity index (χ3n) is 5.69. The molecule has 0 bridgehead atoms. The maximum absolute atomic E-state index is 9.77. The first kappa shape index (κ1) is 22.8. The number of nitriles is 1. The van der Waals surface area contributed by atoms with Crippen LogP contribution in [0.5, 0.6) is 0 Å². The van der Waals surface area contributed by atoms with Gasteiger partial charge in [0.05, 0.1) is 18.9 Å². The van der Waals surface area contributed by atoms with Crippen LogP contribution in [0, 0.1) is 18.3 Å². The van der Waals surface area contributed by atoms with E-state index >= 15 is 0 Å². The third-order valence-corrected chi connectivity index (χ3v) is 6.75. The fourth-order valence-electron chi connectivity index (χ4n) is 3.97. The van der Waals surface area contributed by atoms with Crippen molar-refractivity contribution >= 4 is 12.1 Å². The molecule has 0 unspecified atom stereocenters. The SMILES string of the molecule is CC.Cc1ccc(-c2n[nH]c(C3CCC(NSN4CCOCC4)CC3)c2C#N)cc1. The Hall–Kier alpha value is -1.85. The number of hydrogen-bond acceptors (Lipinski definition) is 6. The molecule has 1 saturated heterocycles. The van der Waals surface area contributed by atoms with Gasteiger partial charge >= 0.3 is 0 Å². The van der Waals surface area contributed by atoms with Crippen molar-refractivity contribution in [2.75, 3.05) is 26.3 Å². The maximum Gasteiger partial charge on any atom is 0.110 e. The van der Waals surface area contributed by atoms with Crippen molar-refractivity contribution in [1.29, 1.82) is 5.26 Å². The lowest BCUT2D eigenvalue weighted by Crippen LogP contribution is -2.37. The van der Waals surface area contributed by atoms with Crippen LogP contribution in [-0.4, -0.2) is 46.8 Å². The van der Waals surface area contributed by atoms with Crippen molar-refractivity contribution in [2.45, 2.75) is 58.4 Å². The van der Waals surface area contributed by atoms with Crippen LogP contribution in [-0.2, 0) is 4.74 Å². The van der Waals surface area contributed by atoms with Crippen molar-refractivity contribution in [1.82, 2.24) is 19.2 Å². The van der Waals surface area contributed by atoms with Crippen molar-refractivity contribution in [3.05, 3.63) is 41.1 Å². The summed E-state index contributed by atoms with van der Waals surface area (Å²) in [5.74, 6) is 0.382. The zero-order valence-corrected chi connectivity index (χ0v) is 19.1. The molecular formula is C23H33N5OS. The number of nitrogens with zero attached hydrogens (tertiary/aromatic N) is 3. The molecule has 6 nitrogen and oxygen atoms in total. The number of aromatic nitrogens is 2. The molecule has 1 aliphatic carbocycles. The van der Waals surface area contributed by atoms with Crippen molar-refractivity contribution in [3.63, 3.8) is 0 Å². The summed E-state index contributed by atoms with van der Waals surface area (Å²) < 4.78 is 11.4. The lowest BCUT2D eigenvalue weighted by molar-refractivity contribution is 0.0768. The van der Waals surface area contributed by atoms with Crippen LogP contribution >= 0.6 is 12.1 Å². The average molecular weight is 428 g/mol. The molecule has 1 aromatic heterocycles. The molecule has 2 N–H and O–H groups in total. The highest BCUT2D eigenvalue weighted by molar-refractivity contribution is 7.95.